The van der Waals surface area contributed by atoms with E-state index >= 15 is 0 Å². The summed E-state index contributed by atoms with van der Waals surface area (Å²) in [6, 6.07) is 2.08. The fourth-order valence-electron chi connectivity index (χ4n) is 1.06. The molecule has 0 atom stereocenters. The Morgan fingerprint density at radius 3 is 2.62 bits per heavy atom. The van der Waals surface area contributed by atoms with Gasteiger partial charge >= 0.3 is 0 Å². The van der Waals surface area contributed by atoms with Crippen LogP contribution in [0.5, 0.6) is 0 Å². The second-order valence-electron chi connectivity index (χ2n) is 2.46. The van der Waals surface area contributed by atoms with E-state index in [1.54, 1.807) is 11.3 Å². The van der Waals surface area contributed by atoms with Gasteiger partial charge in [-0.1, -0.05) is 0 Å². The first-order chi connectivity index (χ1) is 5.77. The summed E-state index contributed by atoms with van der Waals surface area (Å²) in [5.74, 6) is 0. The lowest BCUT2D eigenvalue weighted by atomic mass is 10.2. The standard InChI is InChI=1S/C8H8N2S2.ClH/c1-5-6(2-3-11-5)7-4-12-8(9)10-7;/h2-4H,1H3,(H2,9,10);1H. The Hall–Kier alpha value is -0.580. The van der Waals surface area contributed by atoms with Gasteiger partial charge in [-0.15, -0.1) is 35.1 Å². The van der Waals surface area contributed by atoms with Crippen LogP contribution in [-0.2, 0) is 0 Å². The molecule has 2 aromatic heterocycles. The number of nitrogens with zero attached hydrogens (tertiary/aromatic N) is 1. The smallest absolute Gasteiger partial charge is 0.180 e. The SMILES string of the molecule is Cc1sccc1-c1csc(N)n1.Cl. The van der Waals surface area contributed by atoms with Crippen molar-refractivity contribution in [3.05, 3.63) is 21.7 Å². The summed E-state index contributed by atoms with van der Waals surface area (Å²) in [6.45, 7) is 2.09. The molecule has 0 aromatic carbocycles. The van der Waals surface area contributed by atoms with Crippen LogP contribution >= 0.6 is 35.1 Å². The maximum Gasteiger partial charge on any atom is 0.180 e. The number of nitrogens with two attached hydrogens (primary N) is 1. The van der Waals surface area contributed by atoms with Gasteiger partial charge in [0.2, 0.25) is 0 Å². The minimum atomic E-state index is 0. The van der Waals surface area contributed by atoms with Crippen LogP contribution in [0.15, 0.2) is 16.8 Å². The van der Waals surface area contributed by atoms with Crippen LogP contribution in [-0.4, -0.2) is 4.98 Å². The molecule has 2 rings (SSSR count). The Kier molecular flexibility index (Phi) is 3.30. The molecule has 0 unspecified atom stereocenters. The zero-order chi connectivity index (χ0) is 8.55. The quantitative estimate of drug-likeness (QED) is 0.820. The molecule has 0 aliphatic heterocycles. The third kappa shape index (κ3) is 2.02. The first-order valence-corrected chi connectivity index (χ1v) is 5.29. The summed E-state index contributed by atoms with van der Waals surface area (Å²) in [4.78, 5) is 5.51. The molecule has 0 spiro atoms. The van der Waals surface area contributed by atoms with Crippen molar-refractivity contribution in [1.82, 2.24) is 4.98 Å². The van der Waals surface area contributed by atoms with Gasteiger partial charge in [-0.05, 0) is 18.4 Å². The molecule has 2 aromatic rings. The largest absolute Gasteiger partial charge is 0.375 e. The van der Waals surface area contributed by atoms with Crippen LogP contribution in [0.2, 0.25) is 0 Å². The molecule has 2 heterocycles. The molecule has 5 heteroatoms. The molecule has 0 bridgehead atoms. The van der Waals surface area contributed by atoms with E-state index in [1.807, 2.05) is 5.38 Å². The number of thiazole rings is 1. The topological polar surface area (TPSA) is 38.9 Å². The molecule has 0 aliphatic carbocycles. The second kappa shape index (κ2) is 4.09. The lowest BCUT2D eigenvalue weighted by Gasteiger charge is -1.91. The zero-order valence-electron chi connectivity index (χ0n) is 6.98. The first-order valence-electron chi connectivity index (χ1n) is 3.53. The Morgan fingerprint density at radius 1 is 1.38 bits per heavy atom. The van der Waals surface area contributed by atoms with Gasteiger partial charge in [0, 0.05) is 15.8 Å². The highest BCUT2D eigenvalue weighted by molar-refractivity contribution is 7.14. The average Bonchev–Trinajstić information content (AvgIpc) is 2.58. The molecular weight excluding hydrogens is 224 g/mol. The molecule has 0 amide bonds. The van der Waals surface area contributed by atoms with E-state index in [2.05, 4.69) is 23.4 Å². The van der Waals surface area contributed by atoms with Gasteiger partial charge in [-0.3, -0.25) is 0 Å². The van der Waals surface area contributed by atoms with Crippen LogP contribution in [0, 0.1) is 6.92 Å². The molecule has 70 valence electrons. The molecule has 2 N–H and O–H groups in total. The Labute approximate surface area is 90.8 Å². The van der Waals surface area contributed by atoms with E-state index in [4.69, 9.17) is 5.73 Å². The molecule has 2 nitrogen and oxygen atoms in total. The summed E-state index contributed by atoms with van der Waals surface area (Å²) >= 11 is 3.21. The highest BCUT2D eigenvalue weighted by Crippen LogP contribution is 2.28. The third-order valence-corrected chi connectivity index (χ3v) is 3.18. The van der Waals surface area contributed by atoms with Crippen molar-refractivity contribution in [2.75, 3.05) is 5.73 Å². The van der Waals surface area contributed by atoms with Gasteiger partial charge < -0.3 is 5.73 Å². The van der Waals surface area contributed by atoms with Crippen molar-refractivity contribution in [3.63, 3.8) is 0 Å². The van der Waals surface area contributed by atoms with Crippen molar-refractivity contribution >= 4 is 40.2 Å². The van der Waals surface area contributed by atoms with E-state index < -0.39 is 0 Å². The third-order valence-electron chi connectivity index (χ3n) is 1.66. The highest BCUT2D eigenvalue weighted by Gasteiger charge is 2.05. The molecule has 0 saturated carbocycles. The van der Waals surface area contributed by atoms with Gasteiger partial charge in [0.1, 0.15) is 0 Å². The number of aryl methyl sites for hydroxylation is 1. The maximum absolute atomic E-state index is 5.55. The number of nitrogen functional groups attached to an aromatic ring is 1. The lowest BCUT2D eigenvalue weighted by Crippen LogP contribution is -1.82. The summed E-state index contributed by atoms with van der Waals surface area (Å²) in [5.41, 5.74) is 7.74. The lowest BCUT2D eigenvalue weighted by molar-refractivity contribution is 1.41. The number of anilines is 1. The predicted molar refractivity (Wildman–Crippen MR) is 61.8 cm³/mol. The fraction of sp³-hybridized carbons (Fsp3) is 0.125. The first kappa shape index (κ1) is 10.5. The molecule has 0 fully saturated rings. The summed E-state index contributed by atoms with van der Waals surface area (Å²) < 4.78 is 0. The van der Waals surface area contributed by atoms with E-state index in [1.165, 1.54) is 21.8 Å². The van der Waals surface area contributed by atoms with E-state index in [9.17, 15) is 0 Å². The van der Waals surface area contributed by atoms with Gasteiger partial charge in [0.25, 0.3) is 0 Å². The maximum atomic E-state index is 5.55. The number of aromatic nitrogens is 1. The van der Waals surface area contributed by atoms with Crippen LogP contribution in [0.4, 0.5) is 5.13 Å². The van der Waals surface area contributed by atoms with Crippen molar-refractivity contribution < 1.29 is 0 Å². The van der Waals surface area contributed by atoms with E-state index in [0.717, 1.165) is 5.69 Å². The molecule has 13 heavy (non-hydrogen) atoms. The number of hydrogen-bond acceptors (Lipinski definition) is 4. The normalized spacial score (nSPS) is 9.62. The predicted octanol–water partition coefficient (Wildman–Crippen LogP) is 3.18. The fourth-order valence-corrected chi connectivity index (χ4v) is 2.33. The van der Waals surface area contributed by atoms with Gasteiger partial charge in [0.05, 0.1) is 5.69 Å². The van der Waals surface area contributed by atoms with Crippen molar-refractivity contribution in [1.29, 1.82) is 0 Å². The number of hydrogen-bond donors (Lipinski definition) is 1. The van der Waals surface area contributed by atoms with Gasteiger partial charge in [0.15, 0.2) is 5.13 Å². The van der Waals surface area contributed by atoms with Crippen LogP contribution < -0.4 is 5.73 Å². The number of rotatable bonds is 1. The summed E-state index contributed by atoms with van der Waals surface area (Å²) in [7, 11) is 0. The zero-order valence-corrected chi connectivity index (χ0v) is 9.43. The molecule has 0 radical (unpaired) electrons. The van der Waals surface area contributed by atoms with Crippen molar-refractivity contribution in [2.24, 2.45) is 0 Å². The Bertz CT molecular complexity index is 394. The minimum Gasteiger partial charge on any atom is -0.375 e. The minimum absolute atomic E-state index is 0. The van der Waals surface area contributed by atoms with Gasteiger partial charge in [-0.2, -0.15) is 0 Å². The van der Waals surface area contributed by atoms with Gasteiger partial charge in [-0.25, -0.2) is 4.98 Å². The Balaban J connectivity index is 0.000000845. The summed E-state index contributed by atoms with van der Waals surface area (Å²) in [6.07, 6.45) is 0. The monoisotopic (exact) mass is 232 g/mol. The average molecular weight is 233 g/mol. The highest BCUT2D eigenvalue weighted by atomic mass is 35.5. The molecule has 0 aliphatic rings. The van der Waals surface area contributed by atoms with E-state index in [0.29, 0.717) is 5.13 Å². The van der Waals surface area contributed by atoms with Crippen molar-refractivity contribution in [3.8, 4) is 11.3 Å². The second-order valence-corrected chi connectivity index (χ2v) is 4.47. The molecule has 0 saturated heterocycles. The van der Waals surface area contributed by atoms with Crippen LogP contribution in [0.25, 0.3) is 11.3 Å². The number of thiophene rings is 1. The summed E-state index contributed by atoms with van der Waals surface area (Å²) in [5, 5.41) is 4.69. The number of halogens is 1. The van der Waals surface area contributed by atoms with Crippen LogP contribution in [0.1, 0.15) is 4.88 Å². The van der Waals surface area contributed by atoms with E-state index in [-0.39, 0.29) is 12.4 Å². The Morgan fingerprint density at radius 2 is 2.15 bits per heavy atom. The molecular formula is C8H9ClN2S2. The van der Waals surface area contributed by atoms with Crippen molar-refractivity contribution in [2.45, 2.75) is 6.92 Å². The van der Waals surface area contributed by atoms with Crippen LogP contribution in [0.3, 0.4) is 0 Å².